The fraction of sp³-hybridized carbons (Fsp3) is 0.500. The molecule has 0 aliphatic heterocycles. The van der Waals surface area contributed by atoms with E-state index >= 15 is 0 Å². The van der Waals surface area contributed by atoms with Crippen molar-refractivity contribution in [2.75, 3.05) is 19.0 Å². The summed E-state index contributed by atoms with van der Waals surface area (Å²) in [6, 6.07) is 6.95. The number of hydrogen-bond donors (Lipinski definition) is 2. The van der Waals surface area contributed by atoms with Crippen LogP contribution < -0.4 is 10.1 Å². The van der Waals surface area contributed by atoms with Gasteiger partial charge in [-0.3, -0.25) is 4.79 Å². The summed E-state index contributed by atoms with van der Waals surface area (Å²) in [5.41, 5.74) is -0.939. The third-order valence-electron chi connectivity index (χ3n) is 3.78. The molecule has 22 heavy (non-hydrogen) atoms. The Kier molecular flexibility index (Phi) is 5.38. The smallest absolute Gasteiger partial charge is 0.338 e. The SMILES string of the molecule is COc1ccccc1NC(=O)COC(=O)C1(O)CCCCC1. The second-order valence-corrected chi connectivity index (χ2v) is 5.42. The van der Waals surface area contributed by atoms with Gasteiger partial charge in [0.1, 0.15) is 5.75 Å². The molecule has 0 saturated heterocycles. The van der Waals surface area contributed by atoms with E-state index < -0.39 is 24.1 Å². The standard InChI is InChI=1S/C16H21NO5/c1-21-13-8-4-3-7-12(13)17-14(18)11-22-15(19)16(20)9-5-2-6-10-16/h3-4,7-8,20H,2,5-6,9-11H2,1H3,(H,17,18). The maximum absolute atomic E-state index is 11.9. The quantitative estimate of drug-likeness (QED) is 0.811. The first kappa shape index (κ1) is 16.3. The van der Waals surface area contributed by atoms with Crippen LogP contribution in [-0.4, -0.2) is 36.3 Å². The second-order valence-electron chi connectivity index (χ2n) is 5.42. The zero-order chi connectivity index (χ0) is 16.0. The summed E-state index contributed by atoms with van der Waals surface area (Å²) in [6.07, 6.45) is 3.36. The normalized spacial score (nSPS) is 16.6. The number of anilines is 1. The number of nitrogens with one attached hydrogen (secondary N) is 1. The minimum absolute atomic E-state index is 0.389. The Morgan fingerprint density at radius 2 is 1.91 bits per heavy atom. The first-order valence-corrected chi connectivity index (χ1v) is 7.38. The van der Waals surface area contributed by atoms with Gasteiger partial charge in [0.2, 0.25) is 0 Å². The van der Waals surface area contributed by atoms with Crippen LogP contribution in [0.3, 0.4) is 0 Å². The number of carbonyl (C=O) groups is 2. The van der Waals surface area contributed by atoms with Crippen LogP contribution in [0.5, 0.6) is 5.75 Å². The number of hydrogen-bond acceptors (Lipinski definition) is 5. The highest BCUT2D eigenvalue weighted by atomic mass is 16.6. The van der Waals surface area contributed by atoms with E-state index in [4.69, 9.17) is 9.47 Å². The van der Waals surface area contributed by atoms with Crippen LogP contribution >= 0.6 is 0 Å². The minimum Gasteiger partial charge on any atom is -0.495 e. The molecule has 1 aromatic carbocycles. The first-order chi connectivity index (χ1) is 10.5. The van der Waals surface area contributed by atoms with Gasteiger partial charge in [0.05, 0.1) is 12.8 Å². The molecule has 1 saturated carbocycles. The summed E-state index contributed by atoms with van der Waals surface area (Å²) in [7, 11) is 1.50. The largest absolute Gasteiger partial charge is 0.495 e. The molecule has 120 valence electrons. The molecular formula is C16H21NO5. The Hall–Kier alpha value is -2.08. The molecule has 1 amide bonds. The lowest BCUT2D eigenvalue weighted by Crippen LogP contribution is -2.42. The van der Waals surface area contributed by atoms with Crippen molar-refractivity contribution in [1.82, 2.24) is 0 Å². The van der Waals surface area contributed by atoms with Gasteiger partial charge in [0.15, 0.2) is 12.2 Å². The molecule has 0 radical (unpaired) electrons. The Bertz CT molecular complexity index is 537. The fourth-order valence-electron chi connectivity index (χ4n) is 2.54. The van der Waals surface area contributed by atoms with Crippen LogP contribution in [0.4, 0.5) is 5.69 Å². The van der Waals surface area contributed by atoms with E-state index in [1.165, 1.54) is 7.11 Å². The maximum atomic E-state index is 11.9. The van der Waals surface area contributed by atoms with E-state index in [1.54, 1.807) is 24.3 Å². The van der Waals surface area contributed by atoms with Crippen molar-refractivity contribution in [2.45, 2.75) is 37.7 Å². The fourth-order valence-corrected chi connectivity index (χ4v) is 2.54. The summed E-state index contributed by atoms with van der Waals surface area (Å²) in [5, 5.41) is 12.8. The maximum Gasteiger partial charge on any atom is 0.338 e. The first-order valence-electron chi connectivity index (χ1n) is 7.38. The number of esters is 1. The third kappa shape index (κ3) is 3.98. The van der Waals surface area contributed by atoms with E-state index in [9.17, 15) is 14.7 Å². The zero-order valence-corrected chi connectivity index (χ0v) is 12.6. The molecule has 1 aromatic rings. The van der Waals surface area contributed by atoms with E-state index in [2.05, 4.69) is 5.32 Å². The molecule has 1 aliphatic rings. The highest BCUT2D eigenvalue weighted by Gasteiger charge is 2.38. The molecule has 0 spiro atoms. The van der Waals surface area contributed by atoms with Crippen molar-refractivity contribution in [3.63, 3.8) is 0 Å². The zero-order valence-electron chi connectivity index (χ0n) is 12.6. The molecule has 0 unspecified atom stereocenters. The number of para-hydroxylation sites is 2. The Morgan fingerprint density at radius 1 is 1.23 bits per heavy atom. The number of benzene rings is 1. The number of methoxy groups -OCH3 is 1. The predicted molar refractivity (Wildman–Crippen MR) is 80.6 cm³/mol. The van der Waals surface area contributed by atoms with E-state index in [1.807, 2.05) is 0 Å². The van der Waals surface area contributed by atoms with Crippen molar-refractivity contribution < 1.29 is 24.2 Å². The van der Waals surface area contributed by atoms with Gasteiger partial charge >= 0.3 is 5.97 Å². The number of rotatable bonds is 5. The van der Waals surface area contributed by atoms with Gasteiger partial charge in [-0.25, -0.2) is 4.79 Å². The van der Waals surface area contributed by atoms with E-state index in [-0.39, 0.29) is 0 Å². The van der Waals surface area contributed by atoms with Gasteiger partial charge in [-0.1, -0.05) is 18.6 Å². The summed E-state index contributed by atoms with van der Waals surface area (Å²) in [5.74, 6) is -0.673. The van der Waals surface area contributed by atoms with Crippen molar-refractivity contribution >= 4 is 17.6 Å². The molecule has 0 aromatic heterocycles. The monoisotopic (exact) mass is 307 g/mol. The summed E-state index contributed by atoms with van der Waals surface area (Å²) in [4.78, 5) is 23.8. The molecule has 0 bridgehead atoms. The lowest BCUT2D eigenvalue weighted by atomic mass is 9.85. The predicted octanol–water partition coefficient (Wildman–Crippen LogP) is 1.87. The third-order valence-corrected chi connectivity index (χ3v) is 3.78. The number of amides is 1. The lowest BCUT2D eigenvalue weighted by molar-refractivity contribution is -0.170. The molecule has 1 aliphatic carbocycles. The molecule has 1 fully saturated rings. The molecular weight excluding hydrogens is 286 g/mol. The topological polar surface area (TPSA) is 84.9 Å². The van der Waals surface area contributed by atoms with Crippen LogP contribution in [0, 0.1) is 0 Å². The minimum atomic E-state index is -1.44. The van der Waals surface area contributed by atoms with Crippen LogP contribution in [-0.2, 0) is 14.3 Å². The Balaban J connectivity index is 1.86. The Labute approximate surface area is 129 Å². The van der Waals surface area contributed by atoms with Gasteiger partial charge in [-0.05, 0) is 37.8 Å². The van der Waals surface area contributed by atoms with E-state index in [0.29, 0.717) is 24.3 Å². The van der Waals surface area contributed by atoms with Gasteiger partial charge in [0, 0.05) is 0 Å². The van der Waals surface area contributed by atoms with Gasteiger partial charge in [-0.15, -0.1) is 0 Å². The molecule has 2 rings (SSSR count). The molecule has 0 atom stereocenters. The van der Waals surface area contributed by atoms with Gasteiger partial charge in [-0.2, -0.15) is 0 Å². The lowest BCUT2D eigenvalue weighted by Gasteiger charge is -2.29. The number of ether oxygens (including phenoxy) is 2. The summed E-state index contributed by atoms with van der Waals surface area (Å²) < 4.78 is 10.1. The molecule has 0 heterocycles. The van der Waals surface area contributed by atoms with Crippen molar-refractivity contribution in [3.8, 4) is 5.75 Å². The van der Waals surface area contributed by atoms with Crippen molar-refractivity contribution in [3.05, 3.63) is 24.3 Å². The Morgan fingerprint density at radius 3 is 2.59 bits per heavy atom. The number of aliphatic hydroxyl groups is 1. The average molecular weight is 307 g/mol. The average Bonchev–Trinajstić information content (AvgIpc) is 2.53. The van der Waals surface area contributed by atoms with Crippen LogP contribution in [0.15, 0.2) is 24.3 Å². The molecule has 6 heteroatoms. The number of carbonyl (C=O) groups excluding carboxylic acids is 2. The van der Waals surface area contributed by atoms with E-state index in [0.717, 1.165) is 19.3 Å². The highest BCUT2D eigenvalue weighted by molar-refractivity contribution is 5.94. The van der Waals surface area contributed by atoms with Crippen molar-refractivity contribution in [2.24, 2.45) is 0 Å². The van der Waals surface area contributed by atoms with Gasteiger partial charge < -0.3 is 19.9 Å². The van der Waals surface area contributed by atoms with Gasteiger partial charge in [0.25, 0.3) is 5.91 Å². The second kappa shape index (κ2) is 7.26. The van der Waals surface area contributed by atoms with Crippen molar-refractivity contribution in [1.29, 1.82) is 0 Å². The van der Waals surface area contributed by atoms with Crippen LogP contribution in [0.25, 0.3) is 0 Å². The summed E-state index contributed by atoms with van der Waals surface area (Å²) >= 11 is 0. The van der Waals surface area contributed by atoms with Crippen LogP contribution in [0.1, 0.15) is 32.1 Å². The molecule has 6 nitrogen and oxygen atoms in total. The summed E-state index contributed by atoms with van der Waals surface area (Å²) in [6.45, 7) is -0.431. The highest BCUT2D eigenvalue weighted by Crippen LogP contribution is 2.29. The van der Waals surface area contributed by atoms with Crippen LogP contribution in [0.2, 0.25) is 0 Å². The molecule has 2 N–H and O–H groups in total.